The Kier molecular flexibility index (Phi) is 3.38. The molecule has 0 spiro atoms. The van der Waals surface area contributed by atoms with Gasteiger partial charge in [-0.05, 0) is 43.2 Å². The standard InChI is InChI=1S/C18H18N2/c1-13-14(2)20-18-11-7-6-10-16(18)17(13)12-19-15-8-4-3-5-9-15/h3-11,19H,12H2,1-2H3. The SMILES string of the molecule is Cc1nc2ccccc2c(CNc2ccccc2)c1C. The third kappa shape index (κ3) is 2.37. The van der Waals surface area contributed by atoms with Crippen LogP contribution < -0.4 is 5.32 Å². The quantitative estimate of drug-likeness (QED) is 0.753. The molecule has 3 rings (SSSR count). The van der Waals surface area contributed by atoms with E-state index < -0.39 is 0 Å². The minimum absolute atomic E-state index is 0.819. The summed E-state index contributed by atoms with van der Waals surface area (Å²) in [5, 5.41) is 4.73. The van der Waals surface area contributed by atoms with Gasteiger partial charge in [0.2, 0.25) is 0 Å². The van der Waals surface area contributed by atoms with Crippen molar-refractivity contribution in [2.24, 2.45) is 0 Å². The predicted molar refractivity (Wildman–Crippen MR) is 85.0 cm³/mol. The molecule has 0 fully saturated rings. The summed E-state index contributed by atoms with van der Waals surface area (Å²) in [5.74, 6) is 0. The van der Waals surface area contributed by atoms with Crippen LogP contribution in [-0.2, 0) is 6.54 Å². The van der Waals surface area contributed by atoms with E-state index in [0.29, 0.717) is 0 Å². The minimum atomic E-state index is 0.819. The van der Waals surface area contributed by atoms with Crippen LogP contribution in [0.5, 0.6) is 0 Å². The number of nitrogens with one attached hydrogen (secondary N) is 1. The number of pyridine rings is 1. The van der Waals surface area contributed by atoms with Crippen LogP contribution in [-0.4, -0.2) is 4.98 Å². The highest BCUT2D eigenvalue weighted by atomic mass is 14.9. The topological polar surface area (TPSA) is 24.9 Å². The summed E-state index contributed by atoms with van der Waals surface area (Å²) in [7, 11) is 0. The molecule has 0 radical (unpaired) electrons. The fourth-order valence-corrected chi connectivity index (χ4v) is 2.49. The summed E-state index contributed by atoms with van der Waals surface area (Å²) in [4.78, 5) is 4.66. The van der Waals surface area contributed by atoms with Gasteiger partial charge in [0.1, 0.15) is 0 Å². The zero-order chi connectivity index (χ0) is 13.9. The molecule has 0 atom stereocenters. The van der Waals surface area contributed by atoms with Gasteiger partial charge in [0, 0.05) is 23.3 Å². The summed E-state index contributed by atoms with van der Waals surface area (Å²) in [6, 6.07) is 18.6. The number of aromatic nitrogens is 1. The maximum absolute atomic E-state index is 4.66. The molecule has 0 amide bonds. The molecule has 0 unspecified atom stereocenters. The van der Waals surface area contributed by atoms with Crippen molar-refractivity contribution in [3.05, 3.63) is 71.4 Å². The van der Waals surface area contributed by atoms with Crippen LogP contribution in [0.25, 0.3) is 10.9 Å². The average Bonchev–Trinajstić information content (AvgIpc) is 2.49. The summed E-state index contributed by atoms with van der Waals surface area (Å²) < 4.78 is 0. The fraction of sp³-hybridized carbons (Fsp3) is 0.167. The molecule has 0 aliphatic rings. The first-order chi connectivity index (χ1) is 9.75. The van der Waals surface area contributed by atoms with Crippen molar-refractivity contribution >= 4 is 16.6 Å². The Balaban J connectivity index is 2.00. The largest absolute Gasteiger partial charge is 0.381 e. The van der Waals surface area contributed by atoms with Crippen molar-refractivity contribution in [1.82, 2.24) is 4.98 Å². The van der Waals surface area contributed by atoms with E-state index in [1.165, 1.54) is 16.5 Å². The van der Waals surface area contributed by atoms with Crippen molar-refractivity contribution in [2.45, 2.75) is 20.4 Å². The van der Waals surface area contributed by atoms with Gasteiger partial charge in [0.05, 0.1) is 5.52 Å². The van der Waals surface area contributed by atoms with Crippen LogP contribution in [0.3, 0.4) is 0 Å². The molecule has 100 valence electrons. The maximum atomic E-state index is 4.66. The van der Waals surface area contributed by atoms with Gasteiger partial charge in [-0.3, -0.25) is 4.98 Å². The Morgan fingerprint density at radius 1 is 0.900 bits per heavy atom. The molecule has 0 bridgehead atoms. The third-order valence-corrected chi connectivity index (χ3v) is 3.76. The number of benzene rings is 2. The number of anilines is 1. The maximum Gasteiger partial charge on any atom is 0.0708 e. The zero-order valence-electron chi connectivity index (χ0n) is 11.9. The number of hydrogen-bond acceptors (Lipinski definition) is 2. The van der Waals surface area contributed by atoms with E-state index in [1.54, 1.807) is 0 Å². The molecule has 3 aromatic rings. The number of fused-ring (bicyclic) bond motifs is 1. The molecular formula is C18H18N2. The molecule has 0 saturated carbocycles. The molecule has 0 aliphatic heterocycles. The van der Waals surface area contributed by atoms with Crippen LogP contribution in [0.4, 0.5) is 5.69 Å². The smallest absolute Gasteiger partial charge is 0.0708 e. The summed E-state index contributed by atoms with van der Waals surface area (Å²) >= 11 is 0. The van der Waals surface area contributed by atoms with Crippen molar-refractivity contribution in [3.63, 3.8) is 0 Å². The molecule has 2 nitrogen and oxygen atoms in total. The van der Waals surface area contributed by atoms with E-state index in [1.807, 2.05) is 24.3 Å². The van der Waals surface area contributed by atoms with E-state index >= 15 is 0 Å². The molecule has 1 heterocycles. The van der Waals surface area contributed by atoms with E-state index in [-0.39, 0.29) is 0 Å². The average molecular weight is 262 g/mol. The molecule has 1 N–H and O–H groups in total. The number of hydrogen-bond donors (Lipinski definition) is 1. The predicted octanol–water partition coefficient (Wildman–Crippen LogP) is 4.46. The third-order valence-electron chi connectivity index (χ3n) is 3.76. The van der Waals surface area contributed by atoms with Crippen LogP contribution in [0.15, 0.2) is 54.6 Å². The Labute approximate surface area is 119 Å². The molecule has 1 aromatic heterocycles. The van der Waals surface area contributed by atoms with Gasteiger partial charge in [-0.2, -0.15) is 0 Å². The highest BCUT2D eigenvalue weighted by Crippen LogP contribution is 2.23. The van der Waals surface area contributed by atoms with Crippen molar-refractivity contribution in [2.75, 3.05) is 5.32 Å². The summed E-state index contributed by atoms with van der Waals surface area (Å²) in [6.45, 7) is 5.05. The molecule has 0 saturated heterocycles. The molecule has 0 aliphatic carbocycles. The lowest BCUT2D eigenvalue weighted by Gasteiger charge is -2.14. The van der Waals surface area contributed by atoms with Crippen LogP contribution in [0.1, 0.15) is 16.8 Å². The molecule has 20 heavy (non-hydrogen) atoms. The van der Waals surface area contributed by atoms with Gasteiger partial charge in [-0.15, -0.1) is 0 Å². The van der Waals surface area contributed by atoms with Gasteiger partial charge in [-0.25, -0.2) is 0 Å². The lowest BCUT2D eigenvalue weighted by atomic mass is 10.0. The van der Waals surface area contributed by atoms with E-state index in [9.17, 15) is 0 Å². The number of para-hydroxylation sites is 2. The molecule has 2 aromatic carbocycles. The normalized spacial score (nSPS) is 10.7. The van der Waals surface area contributed by atoms with Crippen molar-refractivity contribution in [1.29, 1.82) is 0 Å². The first-order valence-corrected chi connectivity index (χ1v) is 6.89. The Hall–Kier alpha value is -2.35. The molecule has 2 heteroatoms. The fourth-order valence-electron chi connectivity index (χ4n) is 2.49. The van der Waals surface area contributed by atoms with Crippen molar-refractivity contribution < 1.29 is 0 Å². The van der Waals surface area contributed by atoms with Crippen LogP contribution in [0, 0.1) is 13.8 Å². The summed E-state index contributed by atoms with van der Waals surface area (Å²) in [5.41, 5.74) is 5.92. The second-order valence-corrected chi connectivity index (χ2v) is 5.04. The van der Waals surface area contributed by atoms with E-state index in [4.69, 9.17) is 0 Å². The Morgan fingerprint density at radius 2 is 1.60 bits per heavy atom. The van der Waals surface area contributed by atoms with E-state index in [0.717, 1.165) is 23.4 Å². The summed E-state index contributed by atoms with van der Waals surface area (Å²) in [6.07, 6.45) is 0. The first-order valence-electron chi connectivity index (χ1n) is 6.89. The van der Waals surface area contributed by atoms with Gasteiger partial charge in [-0.1, -0.05) is 36.4 Å². The van der Waals surface area contributed by atoms with Crippen molar-refractivity contribution in [3.8, 4) is 0 Å². The number of rotatable bonds is 3. The zero-order valence-corrected chi connectivity index (χ0v) is 11.9. The number of aryl methyl sites for hydroxylation is 1. The van der Waals surface area contributed by atoms with Crippen LogP contribution >= 0.6 is 0 Å². The second-order valence-electron chi connectivity index (χ2n) is 5.04. The Bertz CT molecular complexity index is 733. The monoisotopic (exact) mass is 262 g/mol. The second kappa shape index (κ2) is 5.33. The lowest BCUT2D eigenvalue weighted by Crippen LogP contribution is -2.04. The van der Waals surface area contributed by atoms with Gasteiger partial charge >= 0.3 is 0 Å². The highest BCUT2D eigenvalue weighted by molar-refractivity contribution is 5.83. The van der Waals surface area contributed by atoms with Crippen LogP contribution in [0.2, 0.25) is 0 Å². The van der Waals surface area contributed by atoms with E-state index in [2.05, 4.69) is 54.5 Å². The lowest BCUT2D eigenvalue weighted by molar-refractivity contribution is 1.09. The minimum Gasteiger partial charge on any atom is -0.381 e. The van der Waals surface area contributed by atoms with Gasteiger partial charge in [0.15, 0.2) is 0 Å². The number of nitrogens with zero attached hydrogens (tertiary/aromatic N) is 1. The Morgan fingerprint density at radius 3 is 2.40 bits per heavy atom. The van der Waals surface area contributed by atoms with Gasteiger partial charge in [0.25, 0.3) is 0 Å². The van der Waals surface area contributed by atoms with Gasteiger partial charge < -0.3 is 5.32 Å². The first kappa shape index (κ1) is 12.7. The highest BCUT2D eigenvalue weighted by Gasteiger charge is 2.08. The molecular weight excluding hydrogens is 244 g/mol.